The van der Waals surface area contributed by atoms with Crippen LogP contribution in [0.25, 0.3) is 0 Å². The molecule has 0 spiro atoms. The van der Waals surface area contributed by atoms with Crippen molar-refractivity contribution >= 4 is 17.3 Å². The van der Waals surface area contributed by atoms with E-state index in [4.69, 9.17) is 0 Å². The third-order valence-corrected chi connectivity index (χ3v) is 5.91. The number of carbonyl (C=O) groups excluding carboxylic acids is 3. The molecular weight excluding hydrogens is 364 g/mol. The first kappa shape index (κ1) is 17.7. The van der Waals surface area contributed by atoms with E-state index in [2.05, 4.69) is 10.3 Å². The highest BCUT2D eigenvalue weighted by molar-refractivity contribution is 6.27. The predicted molar refractivity (Wildman–Crippen MR) is 107 cm³/mol. The Hall–Kier alpha value is -3.34. The first-order valence-electron chi connectivity index (χ1n) is 9.74. The number of fused-ring (bicyclic) bond motifs is 1. The third-order valence-electron chi connectivity index (χ3n) is 5.91. The minimum absolute atomic E-state index is 0.0291. The molecule has 0 radical (unpaired) electrons. The maximum Gasteiger partial charge on any atom is 0.228 e. The topological polar surface area (TPSA) is 76.1 Å². The minimum atomic E-state index is -0.546. The van der Waals surface area contributed by atoms with Crippen LogP contribution in [0.1, 0.15) is 59.0 Å². The molecule has 0 fully saturated rings. The fourth-order valence-electron chi connectivity index (χ4n) is 4.72. The van der Waals surface area contributed by atoms with E-state index in [9.17, 15) is 14.4 Å². The standard InChI is InChI=1S/C24H20N2O3/c1-24(2)11-15-18(16(27)12-24)17(13-7-4-3-5-8-13)19-21(26-15)23(29)20-14(22(19)28)9-6-10-25-20/h3-10,17,26H,11-12H2,1-2H3. The van der Waals surface area contributed by atoms with Gasteiger partial charge in [0, 0.05) is 35.4 Å². The molecule has 2 aromatic rings. The fraction of sp³-hybridized carbons (Fsp3) is 0.250. The molecule has 5 rings (SSSR count). The van der Waals surface area contributed by atoms with E-state index in [1.807, 2.05) is 44.2 Å². The van der Waals surface area contributed by atoms with Crippen molar-refractivity contribution in [3.63, 3.8) is 0 Å². The largest absolute Gasteiger partial charge is 0.355 e. The number of ketones is 3. The van der Waals surface area contributed by atoms with Crippen LogP contribution in [0.2, 0.25) is 0 Å². The summed E-state index contributed by atoms with van der Waals surface area (Å²) in [5.41, 5.74) is 3.08. The van der Waals surface area contributed by atoms with Gasteiger partial charge < -0.3 is 5.32 Å². The lowest BCUT2D eigenvalue weighted by molar-refractivity contribution is -0.118. The van der Waals surface area contributed by atoms with Gasteiger partial charge in [-0.3, -0.25) is 19.4 Å². The fourth-order valence-corrected chi connectivity index (χ4v) is 4.72. The molecule has 29 heavy (non-hydrogen) atoms. The lowest BCUT2D eigenvalue weighted by Crippen LogP contribution is -2.42. The normalized spacial score (nSPS) is 22.7. The van der Waals surface area contributed by atoms with Crippen molar-refractivity contribution in [3.8, 4) is 0 Å². The summed E-state index contributed by atoms with van der Waals surface area (Å²) in [5, 5.41) is 3.19. The Kier molecular flexibility index (Phi) is 3.72. The Morgan fingerprint density at radius 1 is 0.931 bits per heavy atom. The van der Waals surface area contributed by atoms with Crippen LogP contribution in [0, 0.1) is 5.41 Å². The zero-order valence-electron chi connectivity index (χ0n) is 16.3. The number of nitrogens with zero attached hydrogens (tertiary/aromatic N) is 1. The molecule has 0 bridgehead atoms. The molecule has 5 nitrogen and oxygen atoms in total. The van der Waals surface area contributed by atoms with Crippen LogP contribution in [0.4, 0.5) is 0 Å². The number of hydrogen-bond donors (Lipinski definition) is 1. The van der Waals surface area contributed by atoms with Crippen LogP contribution < -0.4 is 5.32 Å². The maximum atomic E-state index is 13.5. The molecule has 1 atom stereocenters. The molecule has 2 heterocycles. The molecule has 3 aliphatic rings. The van der Waals surface area contributed by atoms with E-state index in [0.717, 1.165) is 11.3 Å². The van der Waals surface area contributed by atoms with Gasteiger partial charge in [-0.05, 0) is 29.5 Å². The van der Waals surface area contributed by atoms with Crippen LogP contribution >= 0.6 is 0 Å². The second kappa shape index (κ2) is 6.08. The molecule has 5 heteroatoms. The van der Waals surface area contributed by atoms with E-state index in [-0.39, 0.29) is 34.2 Å². The minimum Gasteiger partial charge on any atom is -0.355 e. The van der Waals surface area contributed by atoms with Crippen molar-refractivity contribution < 1.29 is 14.4 Å². The molecule has 0 saturated heterocycles. The summed E-state index contributed by atoms with van der Waals surface area (Å²) < 4.78 is 0. The van der Waals surface area contributed by atoms with Crippen molar-refractivity contribution in [2.75, 3.05) is 0 Å². The second-order valence-corrected chi connectivity index (χ2v) is 8.65. The van der Waals surface area contributed by atoms with E-state index in [1.165, 1.54) is 6.20 Å². The average molecular weight is 384 g/mol. The number of dihydropyridines is 1. The van der Waals surface area contributed by atoms with Gasteiger partial charge in [-0.25, -0.2) is 0 Å². The quantitative estimate of drug-likeness (QED) is 0.810. The number of allylic oxidation sites excluding steroid dienone is 4. The van der Waals surface area contributed by atoms with E-state index in [1.54, 1.807) is 12.1 Å². The smallest absolute Gasteiger partial charge is 0.228 e. The monoisotopic (exact) mass is 384 g/mol. The van der Waals surface area contributed by atoms with E-state index < -0.39 is 5.92 Å². The summed E-state index contributed by atoms with van der Waals surface area (Å²) in [4.78, 5) is 44.1. The van der Waals surface area contributed by atoms with E-state index in [0.29, 0.717) is 29.6 Å². The summed E-state index contributed by atoms with van der Waals surface area (Å²) >= 11 is 0. The molecular formula is C24H20N2O3. The number of nitrogens with one attached hydrogen (secondary N) is 1. The molecule has 1 aliphatic heterocycles. The van der Waals surface area contributed by atoms with Gasteiger partial charge >= 0.3 is 0 Å². The number of Topliss-reactive ketones (excluding diaryl/α,β-unsaturated/α-hetero) is 3. The SMILES string of the molecule is CC1(C)CC(=O)C2=C(C1)NC1=C(C(=O)c3cccnc3C1=O)C2c1ccccc1. The Morgan fingerprint density at radius 2 is 1.69 bits per heavy atom. The molecule has 144 valence electrons. The Morgan fingerprint density at radius 3 is 2.45 bits per heavy atom. The van der Waals surface area contributed by atoms with Gasteiger partial charge in [0.15, 0.2) is 11.6 Å². The Labute approximate surface area is 168 Å². The lowest BCUT2D eigenvalue weighted by Gasteiger charge is -2.40. The highest BCUT2D eigenvalue weighted by Crippen LogP contribution is 2.48. The molecule has 0 saturated carbocycles. The number of hydrogen-bond acceptors (Lipinski definition) is 5. The van der Waals surface area contributed by atoms with Crippen LogP contribution in [0.5, 0.6) is 0 Å². The zero-order chi connectivity index (χ0) is 20.3. The number of pyridine rings is 1. The number of aromatic nitrogens is 1. The highest BCUT2D eigenvalue weighted by Gasteiger charge is 2.47. The van der Waals surface area contributed by atoms with Crippen molar-refractivity contribution in [1.82, 2.24) is 10.3 Å². The molecule has 2 aliphatic carbocycles. The van der Waals surface area contributed by atoms with Gasteiger partial charge in [0.05, 0.1) is 11.3 Å². The highest BCUT2D eigenvalue weighted by atomic mass is 16.1. The maximum absolute atomic E-state index is 13.5. The summed E-state index contributed by atoms with van der Waals surface area (Å²) in [7, 11) is 0. The summed E-state index contributed by atoms with van der Waals surface area (Å²) in [5.74, 6) is -1.05. The second-order valence-electron chi connectivity index (χ2n) is 8.65. The molecule has 1 N–H and O–H groups in total. The first-order valence-corrected chi connectivity index (χ1v) is 9.74. The Bertz CT molecular complexity index is 1160. The summed E-state index contributed by atoms with van der Waals surface area (Å²) in [6.07, 6.45) is 2.58. The lowest BCUT2D eigenvalue weighted by atomic mass is 9.66. The predicted octanol–water partition coefficient (Wildman–Crippen LogP) is 3.74. The van der Waals surface area contributed by atoms with Crippen molar-refractivity contribution in [2.45, 2.75) is 32.6 Å². The van der Waals surface area contributed by atoms with E-state index >= 15 is 0 Å². The van der Waals surface area contributed by atoms with Gasteiger partial charge in [0.25, 0.3) is 0 Å². The molecule has 1 aromatic carbocycles. The molecule has 1 aromatic heterocycles. The van der Waals surface area contributed by atoms with Gasteiger partial charge in [-0.15, -0.1) is 0 Å². The van der Waals surface area contributed by atoms with Gasteiger partial charge in [-0.2, -0.15) is 0 Å². The number of carbonyl (C=O) groups is 3. The Balaban J connectivity index is 1.76. The van der Waals surface area contributed by atoms with Crippen molar-refractivity contribution in [1.29, 1.82) is 0 Å². The molecule has 0 amide bonds. The summed E-state index contributed by atoms with van der Waals surface area (Å²) in [6.45, 7) is 4.09. The van der Waals surface area contributed by atoms with Crippen LogP contribution in [0.3, 0.4) is 0 Å². The third kappa shape index (κ3) is 2.61. The van der Waals surface area contributed by atoms with Gasteiger partial charge in [-0.1, -0.05) is 44.2 Å². The van der Waals surface area contributed by atoms with Crippen LogP contribution in [-0.2, 0) is 4.79 Å². The number of benzene rings is 1. The zero-order valence-corrected chi connectivity index (χ0v) is 16.3. The van der Waals surface area contributed by atoms with Crippen molar-refractivity contribution in [2.24, 2.45) is 5.41 Å². The van der Waals surface area contributed by atoms with Crippen molar-refractivity contribution in [3.05, 3.63) is 88.0 Å². The van der Waals surface area contributed by atoms with Gasteiger partial charge in [0.1, 0.15) is 5.69 Å². The molecule has 1 unspecified atom stereocenters. The number of rotatable bonds is 1. The summed E-state index contributed by atoms with van der Waals surface area (Å²) in [6, 6.07) is 12.8. The van der Waals surface area contributed by atoms with Crippen LogP contribution in [0.15, 0.2) is 71.2 Å². The first-order chi connectivity index (χ1) is 13.9. The van der Waals surface area contributed by atoms with Gasteiger partial charge in [0.2, 0.25) is 5.78 Å². The van der Waals surface area contributed by atoms with Crippen LogP contribution in [-0.4, -0.2) is 22.3 Å². The average Bonchev–Trinajstić information content (AvgIpc) is 2.70.